The molecule has 0 aromatic carbocycles. The molecule has 0 aliphatic carbocycles. The summed E-state index contributed by atoms with van der Waals surface area (Å²) < 4.78 is 9.16. The van der Waals surface area contributed by atoms with Gasteiger partial charge in [-0.05, 0) is 32.0 Å². The first-order valence-electron chi connectivity index (χ1n) is 10.1. The van der Waals surface area contributed by atoms with E-state index >= 15 is 0 Å². The Morgan fingerprint density at radius 3 is 2.65 bits per heavy atom. The van der Waals surface area contributed by atoms with E-state index in [1.54, 1.807) is 30.6 Å². The van der Waals surface area contributed by atoms with Gasteiger partial charge in [0.1, 0.15) is 17.3 Å². The van der Waals surface area contributed by atoms with Crippen LogP contribution in [0, 0.1) is 6.92 Å². The third-order valence-electron chi connectivity index (χ3n) is 4.78. The lowest BCUT2D eigenvalue weighted by molar-refractivity contribution is 0.474. The number of aromatic amines is 1. The molecule has 4 aromatic rings. The molecule has 0 spiro atoms. The third kappa shape index (κ3) is 4.25. The minimum absolute atomic E-state index is 0.269. The van der Waals surface area contributed by atoms with Crippen LogP contribution >= 0.6 is 0 Å². The average molecular weight is 419 g/mol. The monoisotopic (exact) mass is 419 g/mol. The molecule has 4 heterocycles. The number of H-pyrrole nitrogens is 1. The van der Waals surface area contributed by atoms with Crippen molar-refractivity contribution in [2.24, 2.45) is 0 Å². The minimum atomic E-state index is -0.322. The van der Waals surface area contributed by atoms with Gasteiger partial charge in [-0.1, -0.05) is 20.8 Å². The van der Waals surface area contributed by atoms with E-state index in [0.29, 0.717) is 28.8 Å². The summed E-state index contributed by atoms with van der Waals surface area (Å²) in [6.45, 7) is 10.6. The van der Waals surface area contributed by atoms with Gasteiger partial charge in [0.15, 0.2) is 5.82 Å². The smallest absolute Gasteiger partial charge is 0.349 e. The normalized spacial score (nSPS) is 11.6. The van der Waals surface area contributed by atoms with Crippen molar-refractivity contribution >= 4 is 0 Å². The quantitative estimate of drug-likeness (QED) is 0.530. The molecule has 4 aromatic heterocycles. The summed E-state index contributed by atoms with van der Waals surface area (Å²) in [6, 6.07) is 7.14. The third-order valence-corrected chi connectivity index (χ3v) is 4.78. The molecule has 0 atom stereocenters. The number of hydrogen-bond acceptors (Lipinski definition) is 6. The zero-order chi connectivity index (χ0) is 22.2. The van der Waals surface area contributed by atoms with Crippen molar-refractivity contribution in [1.29, 1.82) is 0 Å². The predicted molar refractivity (Wildman–Crippen MR) is 117 cm³/mol. The van der Waals surface area contributed by atoms with Gasteiger partial charge in [0, 0.05) is 36.0 Å². The summed E-state index contributed by atoms with van der Waals surface area (Å²) in [4.78, 5) is 24.1. The lowest BCUT2D eigenvalue weighted by Crippen LogP contribution is -2.17. The number of nitrogens with zero attached hydrogens (tertiary/aromatic N) is 6. The highest BCUT2D eigenvalue weighted by Crippen LogP contribution is 2.27. The zero-order valence-corrected chi connectivity index (χ0v) is 18.2. The van der Waals surface area contributed by atoms with Crippen molar-refractivity contribution in [1.82, 2.24) is 34.5 Å². The Morgan fingerprint density at radius 2 is 2.00 bits per heavy atom. The number of hydrogen-bond donors (Lipinski definition) is 1. The molecule has 1 N–H and O–H groups in total. The van der Waals surface area contributed by atoms with E-state index in [0.717, 1.165) is 17.8 Å². The second-order valence-electron chi connectivity index (χ2n) is 8.26. The standard InChI is InChI=1S/C22H25N7O2/c1-6-28-13-15(12-24-28)17-11-16(9-10-23-17)31-18-7-8-19(25-14(18)2)29-21(30)26-20(27-29)22(3,4)5/h7-13H,6H2,1-5H3,(H,26,27,30). The summed E-state index contributed by atoms with van der Waals surface area (Å²) in [6.07, 6.45) is 5.42. The van der Waals surface area contributed by atoms with Gasteiger partial charge in [0.2, 0.25) is 0 Å². The van der Waals surface area contributed by atoms with E-state index in [2.05, 4.69) is 25.1 Å². The van der Waals surface area contributed by atoms with E-state index in [1.165, 1.54) is 4.68 Å². The fourth-order valence-corrected chi connectivity index (χ4v) is 3.01. The average Bonchev–Trinajstić information content (AvgIpc) is 3.36. The second kappa shape index (κ2) is 7.82. The summed E-state index contributed by atoms with van der Waals surface area (Å²) in [5.41, 5.74) is 1.75. The van der Waals surface area contributed by atoms with Crippen LogP contribution in [0.2, 0.25) is 0 Å². The number of rotatable bonds is 5. The number of aromatic nitrogens is 7. The summed E-state index contributed by atoms with van der Waals surface area (Å²) in [5.74, 6) is 2.26. The summed E-state index contributed by atoms with van der Waals surface area (Å²) in [5, 5.41) is 8.68. The Bertz CT molecular complexity index is 1280. The van der Waals surface area contributed by atoms with Gasteiger partial charge < -0.3 is 4.74 Å². The molecule has 0 aliphatic rings. The highest BCUT2D eigenvalue weighted by molar-refractivity contribution is 5.59. The summed E-state index contributed by atoms with van der Waals surface area (Å²) >= 11 is 0. The molecule has 9 nitrogen and oxygen atoms in total. The van der Waals surface area contributed by atoms with Crippen LogP contribution in [0.5, 0.6) is 11.5 Å². The van der Waals surface area contributed by atoms with E-state index in [9.17, 15) is 4.79 Å². The molecular weight excluding hydrogens is 394 g/mol. The van der Waals surface area contributed by atoms with Crippen molar-refractivity contribution < 1.29 is 4.74 Å². The zero-order valence-electron chi connectivity index (χ0n) is 18.2. The van der Waals surface area contributed by atoms with E-state index in [1.807, 2.05) is 51.6 Å². The lowest BCUT2D eigenvalue weighted by Gasteiger charge is -2.13. The van der Waals surface area contributed by atoms with Crippen LogP contribution in [-0.2, 0) is 12.0 Å². The molecule has 0 saturated carbocycles. The topological polar surface area (TPSA) is 104 Å². The largest absolute Gasteiger partial charge is 0.455 e. The van der Waals surface area contributed by atoms with Crippen LogP contribution in [-0.4, -0.2) is 34.5 Å². The molecule has 160 valence electrons. The van der Waals surface area contributed by atoms with Gasteiger partial charge >= 0.3 is 5.69 Å². The first-order chi connectivity index (χ1) is 14.7. The van der Waals surface area contributed by atoms with Gasteiger partial charge in [0.25, 0.3) is 0 Å². The maximum atomic E-state index is 12.3. The molecule has 0 aliphatic heterocycles. The number of aryl methyl sites for hydroxylation is 2. The minimum Gasteiger partial charge on any atom is -0.455 e. The molecule has 0 unspecified atom stereocenters. The first-order valence-corrected chi connectivity index (χ1v) is 10.1. The highest BCUT2D eigenvalue weighted by Gasteiger charge is 2.21. The van der Waals surface area contributed by atoms with Crippen LogP contribution < -0.4 is 10.4 Å². The molecule has 4 rings (SSSR count). The molecular formula is C22H25N7O2. The Hall–Kier alpha value is -3.75. The maximum Gasteiger partial charge on any atom is 0.349 e. The predicted octanol–water partition coefficient (Wildman–Crippen LogP) is 3.63. The molecule has 9 heteroatoms. The SMILES string of the molecule is CCn1cc(-c2cc(Oc3ccc(-n4nc(C(C)(C)C)[nH]c4=O)nc3C)ccn2)cn1. The molecule has 0 fully saturated rings. The Morgan fingerprint density at radius 1 is 1.19 bits per heavy atom. The molecule has 31 heavy (non-hydrogen) atoms. The van der Waals surface area contributed by atoms with E-state index in [4.69, 9.17) is 4.74 Å². The van der Waals surface area contributed by atoms with Gasteiger partial charge in [0.05, 0.1) is 17.6 Å². The Kier molecular flexibility index (Phi) is 5.18. The van der Waals surface area contributed by atoms with Gasteiger partial charge in [-0.3, -0.25) is 14.6 Å². The van der Waals surface area contributed by atoms with Crippen molar-refractivity contribution in [3.05, 3.63) is 64.9 Å². The Labute approximate surface area is 179 Å². The number of ether oxygens (including phenoxy) is 1. The Balaban J connectivity index is 1.59. The number of pyridine rings is 2. The first kappa shape index (κ1) is 20.5. The van der Waals surface area contributed by atoms with Gasteiger partial charge in [-0.15, -0.1) is 5.10 Å². The fourth-order valence-electron chi connectivity index (χ4n) is 3.01. The van der Waals surface area contributed by atoms with Crippen LogP contribution in [0.1, 0.15) is 39.2 Å². The van der Waals surface area contributed by atoms with E-state index in [-0.39, 0.29) is 11.1 Å². The lowest BCUT2D eigenvalue weighted by atomic mass is 9.96. The molecule has 0 bridgehead atoms. The highest BCUT2D eigenvalue weighted by atomic mass is 16.5. The molecule has 0 saturated heterocycles. The van der Waals surface area contributed by atoms with Crippen molar-refractivity contribution in [2.75, 3.05) is 0 Å². The fraction of sp³-hybridized carbons (Fsp3) is 0.318. The van der Waals surface area contributed by atoms with Crippen LogP contribution in [0.25, 0.3) is 17.1 Å². The summed E-state index contributed by atoms with van der Waals surface area (Å²) in [7, 11) is 0. The van der Waals surface area contributed by atoms with Crippen molar-refractivity contribution in [2.45, 2.75) is 46.6 Å². The van der Waals surface area contributed by atoms with Crippen LogP contribution in [0.4, 0.5) is 0 Å². The molecule has 0 amide bonds. The number of nitrogens with one attached hydrogen (secondary N) is 1. The maximum absolute atomic E-state index is 12.3. The van der Waals surface area contributed by atoms with Gasteiger partial charge in [-0.25, -0.2) is 9.78 Å². The molecule has 0 radical (unpaired) electrons. The second-order valence-corrected chi connectivity index (χ2v) is 8.26. The van der Waals surface area contributed by atoms with Crippen LogP contribution in [0.3, 0.4) is 0 Å². The van der Waals surface area contributed by atoms with Crippen molar-refractivity contribution in [3.63, 3.8) is 0 Å². The van der Waals surface area contributed by atoms with Crippen LogP contribution in [0.15, 0.2) is 47.7 Å². The van der Waals surface area contributed by atoms with Crippen molar-refractivity contribution in [3.8, 4) is 28.6 Å². The van der Waals surface area contributed by atoms with E-state index < -0.39 is 0 Å². The van der Waals surface area contributed by atoms with Gasteiger partial charge in [-0.2, -0.15) is 9.78 Å².